The van der Waals surface area contributed by atoms with Gasteiger partial charge in [-0.05, 0) is 37.5 Å². The average molecular weight is 354 g/mol. The van der Waals surface area contributed by atoms with Crippen LogP contribution in [0, 0.1) is 5.92 Å². The molecule has 6 heteroatoms. The normalized spacial score (nSPS) is 14.9. The molecule has 1 aliphatic heterocycles. The maximum absolute atomic E-state index is 12.6. The fourth-order valence-electron chi connectivity index (χ4n) is 3.04. The third-order valence-corrected chi connectivity index (χ3v) is 4.57. The number of carbonyl (C=O) groups excluding carboxylic acids is 1. The monoisotopic (exact) mass is 354 g/mol. The summed E-state index contributed by atoms with van der Waals surface area (Å²) in [6.45, 7) is 4.42. The Morgan fingerprint density at radius 2 is 2.00 bits per heavy atom. The number of piperidine rings is 1. The van der Waals surface area contributed by atoms with Crippen molar-refractivity contribution in [1.82, 2.24) is 9.97 Å². The van der Waals surface area contributed by atoms with Crippen molar-refractivity contribution in [2.24, 2.45) is 5.92 Å². The number of carbonyl (C=O) groups is 1. The summed E-state index contributed by atoms with van der Waals surface area (Å²) in [5.74, 6) is 1.62. The van der Waals surface area contributed by atoms with Crippen LogP contribution in [0.15, 0.2) is 42.7 Å². The van der Waals surface area contributed by atoms with Crippen molar-refractivity contribution in [2.45, 2.75) is 32.6 Å². The fraction of sp³-hybridized carbons (Fsp3) is 0.450. The molecule has 26 heavy (non-hydrogen) atoms. The van der Waals surface area contributed by atoms with E-state index in [1.807, 2.05) is 30.3 Å². The SMILES string of the molecule is CCCCOc1cccc(NC(=O)C2CCN(c3ncccn3)CC2)c1. The van der Waals surface area contributed by atoms with E-state index in [4.69, 9.17) is 4.74 Å². The number of amides is 1. The minimum Gasteiger partial charge on any atom is -0.494 e. The molecule has 0 atom stereocenters. The molecule has 0 bridgehead atoms. The summed E-state index contributed by atoms with van der Waals surface area (Å²) in [7, 11) is 0. The van der Waals surface area contributed by atoms with Crippen molar-refractivity contribution >= 4 is 17.5 Å². The molecule has 3 rings (SSSR count). The standard InChI is InChI=1S/C20H26N4O2/c1-2-3-14-26-18-7-4-6-17(15-18)23-19(25)16-8-12-24(13-9-16)20-21-10-5-11-22-20/h4-7,10-11,15-16H,2-3,8-9,12-14H2,1H3,(H,23,25). The van der Waals surface area contributed by atoms with Crippen molar-refractivity contribution in [3.8, 4) is 5.75 Å². The van der Waals surface area contributed by atoms with Crippen LogP contribution in [0.3, 0.4) is 0 Å². The third-order valence-electron chi connectivity index (χ3n) is 4.57. The second-order valence-electron chi connectivity index (χ2n) is 6.53. The molecule has 1 aromatic carbocycles. The van der Waals surface area contributed by atoms with Crippen LogP contribution in [0.5, 0.6) is 5.75 Å². The zero-order chi connectivity index (χ0) is 18.2. The van der Waals surface area contributed by atoms with Crippen molar-refractivity contribution in [1.29, 1.82) is 0 Å². The van der Waals surface area contributed by atoms with Crippen LogP contribution in [0.1, 0.15) is 32.6 Å². The minimum absolute atomic E-state index is 0.0135. The number of aromatic nitrogens is 2. The Morgan fingerprint density at radius 1 is 1.23 bits per heavy atom. The van der Waals surface area contributed by atoms with E-state index in [-0.39, 0.29) is 11.8 Å². The zero-order valence-electron chi connectivity index (χ0n) is 15.2. The minimum atomic E-state index is 0.0135. The van der Waals surface area contributed by atoms with Gasteiger partial charge in [0.05, 0.1) is 6.61 Å². The molecule has 1 saturated heterocycles. The third kappa shape index (κ3) is 4.94. The van der Waals surface area contributed by atoms with Gasteiger partial charge in [-0.2, -0.15) is 0 Å². The van der Waals surface area contributed by atoms with Gasteiger partial charge in [0.1, 0.15) is 5.75 Å². The Bertz CT molecular complexity index is 700. The number of nitrogens with zero attached hydrogens (tertiary/aromatic N) is 3. The smallest absolute Gasteiger partial charge is 0.227 e. The average Bonchev–Trinajstić information content (AvgIpc) is 2.69. The van der Waals surface area contributed by atoms with Crippen LogP contribution >= 0.6 is 0 Å². The Morgan fingerprint density at radius 3 is 2.73 bits per heavy atom. The molecule has 0 saturated carbocycles. The van der Waals surface area contributed by atoms with Gasteiger partial charge in [0.15, 0.2) is 0 Å². The molecule has 0 spiro atoms. The number of hydrogen-bond donors (Lipinski definition) is 1. The summed E-state index contributed by atoms with van der Waals surface area (Å²) >= 11 is 0. The van der Waals surface area contributed by atoms with Crippen LogP contribution in [0.2, 0.25) is 0 Å². The molecule has 1 fully saturated rings. The van der Waals surface area contributed by atoms with Gasteiger partial charge < -0.3 is 15.0 Å². The van der Waals surface area contributed by atoms with E-state index >= 15 is 0 Å². The number of benzene rings is 1. The molecule has 1 N–H and O–H groups in total. The van der Waals surface area contributed by atoms with Gasteiger partial charge in [-0.1, -0.05) is 19.4 Å². The highest BCUT2D eigenvalue weighted by Gasteiger charge is 2.26. The van der Waals surface area contributed by atoms with Crippen molar-refractivity contribution in [3.05, 3.63) is 42.7 Å². The quantitative estimate of drug-likeness (QED) is 0.771. The first kappa shape index (κ1) is 18.2. The highest BCUT2D eigenvalue weighted by Crippen LogP contribution is 2.23. The molecule has 0 radical (unpaired) electrons. The van der Waals surface area contributed by atoms with E-state index in [9.17, 15) is 4.79 Å². The highest BCUT2D eigenvalue weighted by molar-refractivity contribution is 5.92. The Balaban J connectivity index is 1.50. The lowest BCUT2D eigenvalue weighted by atomic mass is 9.96. The lowest BCUT2D eigenvalue weighted by molar-refractivity contribution is -0.120. The molecule has 0 unspecified atom stereocenters. The molecule has 1 amide bonds. The predicted octanol–water partition coefficient (Wildman–Crippen LogP) is 3.51. The number of unbranched alkanes of at least 4 members (excludes halogenated alkanes) is 1. The molecule has 2 heterocycles. The van der Waals surface area contributed by atoms with Gasteiger partial charge in [0.2, 0.25) is 11.9 Å². The van der Waals surface area contributed by atoms with Crippen LogP contribution < -0.4 is 15.0 Å². The van der Waals surface area contributed by atoms with E-state index in [1.54, 1.807) is 12.4 Å². The van der Waals surface area contributed by atoms with E-state index in [1.165, 1.54) is 0 Å². The van der Waals surface area contributed by atoms with Crippen LogP contribution in [-0.2, 0) is 4.79 Å². The van der Waals surface area contributed by atoms with Gasteiger partial charge in [0.25, 0.3) is 0 Å². The summed E-state index contributed by atoms with van der Waals surface area (Å²) in [5, 5.41) is 3.03. The first-order valence-electron chi connectivity index (χ1n) is 9.32. The molecule has 0 aliphatic carbocycles. The Kier molecular flexibility index (Phi) is 6.41. The van der Waals surface area contributed by atoms with Gasteiger partial charge in [-0.3, -0.25) is 4.79 Å². The predicted molar refractivity (Wildman–Crippen MR) is 102 cm³/mol. The topological polar surface area (TPSA) is 67.3 Å². The van der Waals surface area contributed by atoms with Gasteiger partial charge in [0, 0.05) is 43.2 Å². The second kappa shape index (κ2) is 9.17. The molecule has 2 aromatic rings. The van der Waals surface area contributed by atoms with Gasteiger partial charge in [-0.25, -0.2) is 9.97 Å². The number of hydrogen-bond acceptors (Lipinski definition) is 5. The summed E-state index contributed by atoms with van der Waals surface area (Å²) < 4.78 is 5.71. The summed E-state index contributed by atoms with van der Waals surface area (Å²) in [5.41, 5.74) is 0.790. The van der Waals surface area contributed by atoms with E-state index in [0.29, 0.717) is 6.61 Å². The summed E-state index contributed by atoms with van der Waals surface area (Å²) in [4.78, 5) is 23.3. The first-order valence-corrected chi connectivity index (χ1v) is 9.32. The number of nitrogens with one attached hydrogen (secondary N) is 1. The molecule has 138 valence electrons. The molecular weight excluding hydrogens is 328 g/mol. The van der Waals surface area contributed by atoms with Crippen LogP contribution in [0.25, 0.3) is 0 Å². The van der Waals surface area contributed by atoms with Crippen LogP contribution in [0.4, 0.5) is 11.6 Å². The molecule has 6 nitrogen and oxygen atoms in total. The lowest BCUT2D eigenvalue weighted by Crippen LogP contribution is -2.39. The van der Waals surface area contributed by atoms with Crippen molar-refractivity contribution < 1.29 is 9.53 Å². The zero-order valence-corrected chi connectivity index (χ0v) is 15.2. The molecular formula is C20H26N4O2. The summed E-state index contributed by atoms with van der Waals surface area (Å²) in [6.07, 6.45) is 7.23. The number of rotatable bonds is 7. The van der Waals surface area contributed by atoms with Gasteiger partial charge >= 0.3 is 0 Å². The van der Waals surface area contributed by atoms with Crippen molar-refractivity contribution in [3.63, 3.8) is 0 Å². The Hall–Kier alpha value is -2.63. The van der Waals surface area contributed by atoms with E-state index in [2.05, 4.69) is 27.1 Å². The summed E-state index contributed by atoms with van der Waals surface area (Å²) in [6, 6.07) is 9.43. The van der Waals surface area contributed by atoms with Gasteiger partial charge in [-0.15, -0.1) is 0 Å². The van der Waals surface area contributed by atoms with Crippen LogP contribution in [-0.4, -0.2) is 35.6 Å². The van der Waals surface area contributed by atoms with Crippen molar-refractivity contribution in [2.75, 3.05) is 29.9 Å². The molecule has 1 aromatic heterocycles. The largest absolute Gasteiger partial charge is 0.494 e. The lowest BCUT2D eigenvalue weighted by Gasteiger charge is -2.31. The maximum Gasteiger partial charge on any atom is 0.227 e. The van der Waals surface area contributed by atoms with E-state index in [0.717, 1.165) is 56.2 Å². The Labute approximate surface area is 154 Å². The number of anilines is 2. The first-order chi connectivity index (χ1) is 12.8. The highest BCUT2D eigenvalue weighted by atomic mass is 16.5. The second-order valence-corrected chi connectivity index (χ2v) is 6.53. The molecule has 1 aliphatic rings. The maximum atomic E-state index is 12.6. The van der Waals surface area contributed by atoms with E-state index < -0.39 is 0 Å². The fourth-order valence-corrected chi connectivity index (χ4v) is 3.04. The number of ether oxygens (including phenoxy) is 1.